The third kappa shape index (κ3) is 5.29. The number of anilines is 1. The Morgan fingerprint density at radius 3 is 2.56 bits per heavy atom. The van der Waals surface area contributed by atoms with Gasteiger partial charge in [0.15, 0.2) is 0 Å². The molecule has 1 saturated heterocycles. The number of thiophene rings is 1. The van der Waals surface area contributed by atoms with Crippen molar-refractivity contribution in [2.75, 3.05) is 37.7 Å². The number of methoxy groups -OCH3 is 1. The Morgan fingerprint density at radius 2 is 1.88 bits per heavy atom. The SMILES string of the molecule is COc1ccc(N(Cc2cc(CN3CCOCC3)cs2)S(=O)(=O)c2cccc(F)c2)cc1. The second-order valence-electron chi connectivity index (χ2n) is 7.48. The van der Waals surface area contributed by atoms with E-state index in [9.17, 15) is 12.8 Å². The summed E-state index contributed by atoms with van der Waals surface area (Å²) in [6.07, 6.45) is 0. The number of hydrogen-bond donors (Lipinski definition) is 0. The lowest BCUT2D eigenvalue weighted by Gasteiger charge is -2.26. The van der Waals surface area contributed by atoms with Crippen LogP contribution in [0.5, 0.6) is 5.75 Å². The van der Waals surface area contributed by atoms with Crippen LogP contribution in [0.4, 0.5) is 10.1 Å². The maximum atomic E-state index is 13.8. The van der Waals surface area contributed by atoms with Gasteiger partial charge in [-0.25, -0.2) is 12.8 Å². The smallest absolute Gasteiger partial charge is 0.264 e. The Hall–Kier alpha value is -2.46. The Labute approximate surface area is 191 Å². The molecule has 0 radical (unpaired) electrons. The number of rotatable bonds is 8. The van der Waals surface area contributed by atoms with Gasteiger partial charge in [0.05, 0.1) is 37.5 Å². The summed E-state index contributed by atoms with van der Waals surface area (Å²) in [5.74, 6) is 0.0328. The fraction of sp³-hybridized carbons (Fsp3) is 0.304. The molecule has 9 heteroatoms. The van der Waals surface area contributed by atoms with Gasteiger partial charge in [0.1, 0.15) is 11.6 Å². The van der Waals surface area contributed by atoms with Crippen LogP contribution < -0.4 is 9.04 Å². The number of morpholine rings is 1. The molecule has 0 bridgehead atoms. The molecule has 0 amide bonds. The topological polar surface area (TPSA) is 59.1 Å². The molecule has 6 nitrogen and oxygen atoms in total. The van der Waals surface area contributed by atoms with Crippen LogP contribution in [-0.4, -0.2) is 46.7 Å². The highest BCUT2D eigenvalue weighted by Crippen LogP contribution is 2.30. The van der Waals surface area contributed by atoms with Crippen LogP contribution in [-0.2, 0) is 27.8 Å². The first-order valence-corrected chi connectivity index (χ1v) is 12.6. The van der Waals surface area contributed by atoms with E-state index in [-0.39, 0.29) is 11.4 Å². The van der Waals surface area contributed by atoms with E-state index < -0.39 is 15.8 Å². The number of hydrogen-bond acceptors (Lipinski definition) is 6. The zero-order valence-corrected chi connectivity index (χ0v) is 19.4. The van der Waals surface area contributed by atoms with Crippen molar-refractivity contribution < 1.29 is 22.3 Å². The van der Waals surface area contributed by atoms with E-state index in [1.54, 1.807) is 31.4 Å². The lowest BCUT2D eigenvalue weighted by Crippen LogP contribution is -2.35. The van der Waals surface area contributed by atoms with Crippen LogP contribution in [0.1, 0.15) is 10.4 Å². The van der Waals surface area contributed by atoms with Crippen LogP contribution in [0.2, 0.25) is 0 Å². The minimum atomic E-state index is -3.98. The average molecular weight is 477 g/mol. The summed E-state index contributed by atoms with van der Waals surface area (Å²) in [4.78, 5) is 3.14. The zero-order valence-electron chi connectivity index (χ0n) is 17.7. The van der Waals surface area contributed by atoms with Gasteiger partial charge in [-0.2, -0.15) is 0 Å². The van der Waals surface area contributed by atoms with Gasteiger partial charge in [-0.05, 0) is 59.5 Å². The molecule has 1 aromatic heterocycles. The Bertz CT molecular complexity index is 1140. The molecule has 0 atom stereocenters. The van der Waals surface area contributed by atoms with Crippen LogP contribution in [0.3, 0.4) is 0 Å². The first-order chi connectivity index (χ1) is 15.5. The van der Waals surface area contributed by atoms with E-state index in [1.165, 1.54) is 33.8 Å². The van der Waals surface area contributed by atoms with Crippen molar-refractivity contribution >= 4 is 27.0 Å². The molecule has 32 heavy (non-hydrogen) atoms. The lowest BCUT2D eigenvalue weighted by atomic mass is 10.2. The fourth-order valence-electron chi connectivity index (χ4n) is 3.57. The third-order valence-corrected chi connectivity index (χ3v) is 8.00. The summed E-state index contributed by atoms with van der Waals surface area (Å²) in [5, 5.41) is 2.06. The molecule has 2 heterocycles. The molecular formula is C23H25FN2O4S2. The normalized spacial score (nSPS) is 14.9. The minimum absolute atomic E-state index is 0.0848. The molecule has 3 aromatic rings. The largest absolute Gasteiger partial charge is 0.497 e. The summed E-state index contributed by atoms with van der Waals surface area (Å²) in [6, 6.07) is 13.9. The average Bonchev–Trinajstić information content (AvgIpc) is 3.25. The van der Waals surface area contributed by atoms with Crippen molar-refractivity contribution in [3.05, 3.63) is 76.2 Å². The number of nitrogens with zero attached hydrogens (tertiary/aromatic N) is 2. The van der Waals surface area contributed by atoms with E-state index in [2.05, 4.69) is 10.3 Å². The summed E-state index contributed by atoms with van der Waals surface area (Å²) < 4.78 is 52.7. The van der Waals surface area contributed by atoms with Gasteiger partial charge >= 0.3 is 0 Å². The van der Waals surface area contributed by atoms with Crippen molar-refractivity contribution in [2.45, 2.75) is 18.0 Å². The van der Waals surface area contributed by atoms with Crippen molar-refractivity contribution in [1.29, 1.82) is 0 Å². The Balaban J connectivity index is 1.62. The van der Waals surface area contributed by atoms with Crippen molar-refractivity contribution in [3.63, 3.8) is 0 Å². The third-order valence-electron chi connectivity index (χ3n) is 5.26. The summed E-state index contributed by atoms with van der Waals surface area (Å²) >= 11 is 1.52. The maximum absolute atomic E-state index is 13.8. The summed E-state index contributed by atoms with van der Waals surface area (Å²) in [5.41, 5.74) is 1.63. The minimum Gasteiger partial charge on any atom is -0.497 e. The highest BCUT2D eigenvalue weighted by Gasteiger charge is 2.26. The highest BCUT2D eigenvalue weighted by atomic mass is 32.2. The molecule has 1 aliphatic heterocycles. The van der Waals surface area contributed by atoms with Crippen LogP contribution >= 0.6 is 11.3 Å². The lowest BCUT2D eigenvalue weighted by molar-refractivity contribution is 0.0342. The Morgan fingerprint density at radius 1 is 1.12 bits per heavy atom. The summed E-state index contributed by atoms with van der Waals surface area (Å²) in [6.45, 7) is 4.19. The number of benzene rings is 2. The molecule has 0 saturated carbocycles. The van der Waals surface area contributed by atoms with Gasteiger partial charge < -0.3 is 9.47 Å². The molecule has 0 unspecified atom stereocenters. The first kappa shape index (κ1) is 22.7. The van der Waals surface area contributed by atoms with Crippen LogP contribution in [0, 0.1) is 5.82 Å². The first-order valence-electron chi connectivity index (χ1n) is 10.2. The van der Waals surface area contributed by atoms with Gasteiger partial charge in [0.25, 0.3) is 10.0 Å². The molecular weight excluding hydrogens is 451 g/mol. The summed E-state index contributed by atoms with van der Waals surface area (Å²) in [7, 11) is -2.43. The van der Waals surface area contributed by atoms with Gasteiger partial charge in [0, 0.05) is 24.5 Å². The quantitative estimate of drug-likeness (QED) is 0.490. The van der Waals surface area contributed by atoms with Gasteiger partial charge in [-0.3, -0.25) is 9.21 Å². The van der Waals surface area contributed by atoms with Crippen molar-refractivity contribution in [3.8, 4) is 5.75 Å². The molecule has 0 aliphatic carbocycles. The molecule has 4 rings (SSSR count). The molecule has 170 valence electrons. The molecule has 1 fully saturated rings. The van der Waals surface area contributed by atoms with E-state index >= 15 is 0 Å². The van der Waals surface area contributed by atoms with Crippen molar-refractivity contribution in [1.82, 2.24) is 4.90 Å². The fourth-order valence-corrected chi connectivity index (χ4v) is 5.99. The van der Waals surface area contributed by atoms with E-state index in [0.29, 0.717) is 11.4 Å². The van der Waals surface area contributed by atoms with Gasteiger partial charge in [-0.15, -0.1) is 11.3 Å². The van der Waals surface area contributed by atoms with E-state index in [4.69, 9.17) is 9.47 Å². The second-order valence-corrected chi connectivity index (χ2v) is 10.3. The highest BCUT2D eigenvalue weighted by molar-refractivity contribution is 7.92. The van der Waals surface area contributed by atoms with Gasteiger partial charge in [-0.1, -0.05) is 6.07 Å². The van der Waals surface area contributed by atoms with Gasteiger partial charge in [0.2, 0.25) is 0 Å². The monoisotopic (exact) mass is 476 g/mol. The molecule has 0 spiro atoms. The predicted octanol–water partition coefficient (Wildman–Crippen LogP) is 4.12. The van der Waals surface area contributed by atoms with E-state index in [1.807, 2.05) is 6.07 Å². The molecule has 2 aromatic carbocycles. The number of halogens is 1. The standard InChI is InChI=1S/C23H25FN2O4S2/c1-29-21-7-5-20(6-8-21)26(32(27,28)23-4-2-3-19(24)14-23)16-22-13-18(17-31-22)15-25-9-11-30-12-10-25/h2-8,13-14,17H,9-12,15-16H2,1H3. The van der Waals surface area contributed by atoms with Crippen molar-refractivity contribution in [2.24, 2.45) is 0 Å². The molecule has 0 N–H and O–H groups in total. The second kappa shape index (κ2) is 9.99. The van der Waals surface area contributed by atoms with E-state index in [0.717, 1.165) is 49.4 Å². The zero-order chi connectivity index (χ0) is 22.6. The number of ether oxygens (including phenoxy) is 2. The molecule has 1 aliphatic rings. The maximum Gasteiger partial charge on any atom is 0.264 e. The van der Waals surface area contributed by atoms with Crippen LogP contribution in [0.25, 0.3) is 0 Å². The number of sulfonamides is 1. The predicted molar refractivity (Wildman–Crippen MR) is 123 cm³/mol. The Kier molecular flexibility index (Phi) is 7.10. The van der Waals surface area contributed by atoms with Crippen LogP contribution in [0.15, 0.2) is 64.9 Å².